The molecule has 0 aliphatic carbocycles. The molecule has 0 radical (unpaired) electrons. The Balaban J connectivity index is 3.67. The first kappa shape index (κ1) is 14.1. The van der Waals surface area contributed by atoms with E-state index in [-0.39, 0.29) is 0 Å². The van der Waals surface area contributed by atoms with Crippen molar-refractivity contribution in [3.8, 4) is 0 Å². The molecule has 3 heteroatoms. The molecule has 0 atom stereocenters. The zero-order chi connectivity index (χ0) is 11.5. The minimum atomic E-state index is -0.842. The predicted octanol–water partition coefficient (Wildman–Crippen LogP) is 4.11. The van der Waals surface area contributed by atoms with Crippen LogP contribution in [0.25, 0.3) is 0 Å². The summed E-state index contributed by atoms with van der Waals surface area (Å²) in [6, 6.07) is 0. The van der Waals surface area contributed by atoms with Gasteiger partial charge in [-0.3, -0.25) is 0 Å². The van der Waals surface area contributed by atoms with Crippen LogP contribution in [0.3, 0.4) is 0 Å². The maximum Gasteiger partial charge on any atom is 0.375 e. The molecule has 0 saturated carbocycles. The number of hydrogen-bond donors (Lipinski definition) is 0. The molecule has 0 aromatic carbocycles. The normalized spacial score (nSPS) is 11.5. The van der Waals surface area contributed by atoms with E-state index in [2.05, 4.69) is 11.9 Å². The number of carbonyl (C=O) groups excluding carboxylic acids is 1. The fourth-order valence-corrected chi connectivity index (χ4v) is 1.45. The van der Waals surface area contributed by atoms with Crippen LogP contribution in [0.2, 0.25) is 0 Å². The third kappa shape index (κ3) is 7.11. The molecule has 0 aromatic heterocycles. The number of carbonyl (C=O) groups is 1. The van der Waals surface area contributed by atoms with E-state index < -0.39 is 5.97 Å². The number of rotatable bonds is 8. The van der Waals surface area contributed by atoms with E-state index in [1.165, 1.54) is 25.7 Å². The standard InChI is InChI=1S/C12H21FO2/c1-3-5-6-7-8-9-10-11(4-2)12(14)15-13/h10H,3-9H2,1-2H3. The van der Waals surface area contributed by atoms with Crippen molar-refractivity contribution >= 4 is 5.97 Å². The molecular formula is C12H21FO2. The van der Waals surface area contributed by atoms with Gasteiger partial charge in [-0.05, 0) is 19.3 Å². The monoisotopic (exact) mass is 216 g/mol. The quantitative estimate of drug-likeness (QED) is 0.451. The highest BCUT2D eigenvalue weighted by atomic mass is 19.3. The van der Waals surface area contributed by atoms with E-state index in [9.17, 15) is 9.32 Å². The van der Waals surface area contributed by atoms with E-state index >= 15 is 0 Å². The Labute approximate surface area is 91.4 Å². The van der Waals surface area contributed by atoms with Gasteiger partial charge in [0.2, 0.25) is 0 Å². The molecule has 15 heavy (non-hydrogen) atoms. The smallest absolute Gasteiger partial charge is 0.250 e. The van der Waals surface area contributed by atoms with Crippen molar-refractivity contribution < 1.29 is 14.3 Å². The van der Waals surface area contributed by atoms with Crippen LogP contribution < -0.4 is 0 Å². The van der Waals surface area contributed by atoms with Crippen molar-refractivity contribution in [3.05, 3.63) is 11.6 Å². The van der Waals surface area contributed by atoms with Crippen LogP contribution in [0.1, 0.15) is 58.8 Å². The van der Waals surface area contributed by atoms with E-state index in [1.807, 2.05) is 6.92 Å². The summed E-state index contributed by atoms with van der Waals surface area (Å²) in [6.07, 6.45) is 9.10. The van der Waals surface area contributed by atoms with Gasteiger partial charge in [-0.1, -0.05) is 45.6 Å². The van der Waals surface area contributed by atoms with Crippen LogP contribution in [0.5, 0.6) is 0 Å². The van der Waals surface area contributed by atoms with Crippen LogP contribution in [0.15, 0.2) is 11.6 Å². The highest BCUT2D eigenvalue weighted by Crippen LogP contribution is 2.10. The highest BCUT2D eigenvalue weighted by Gasteiger charge is 2.08. The van der Waals surface area contributed by atoms with Gasteiger partial charge in [0.15, 0.2) is 0 Å². The summed E-state index contributed by atoms with van der Waals surface area (Å²) in [5.41, 5.74) is 0.438. The largest absolute Gasteiger partial charge is 0.375 e. The molecule has 88 valence electrons. The zero-order valence-electron chi connectivity index (χ0n) is 9.72. The Bertz CT molecular complexity index is 200. The summed E-state index contributed by atoms with van der Waals surface area (Å²) in [5.74, 6) is -0.842. The maximum atomic E-state index is 11.6. The lowest BCUT2D eigenvalue weighted by Crippen LogP contribution is -2.01. The molecule has 0 aliphatic heterocycles. The summed E-state index contributed by atoms with van der Waals surface area (Å²) >= 11 is 0. The first-order valence-electron chi connectivity index (χ1n) is 5.78. The number of unbranched alkanes of at least 4 members (excludes halogenated alkanes) is 5. The van der Waals surface area contributed by atoms with Crippen molar-refractivity contribution in [2.24, 2.45) is 0 Å². The summed E-state index contributed by atoms with van der Waals surface area (Å²) in [5, 5.41) is 0. The maximum absolute atomic E-state index is 11.6. The van der Waals surface area contributed by atoms with E-state index in [1.54, 1.807) is 6.08 Å². The highest BCUT2D eigenvalue weighted by molar-refractivity contribution is 5.87. The van der Waals surface area contributed by atoms with Crippen molar-refractivity contribution in [3.63, 3.8) is 0 Å². The lowest BCUT2D eigenvalue weighted by atomic mass is 10.1. The van der Waals surface area contributed by atoms with Gasteiger partial charge in [0.05, 0.1) is 0 Å². The van der Waals surface area contributed by atoms with Crippen molar-refractivity contribution in [2.45, 2.75) is 58.8 Å². The Morgan fingerprint density at radius 3 is 2.40 bits per heavy atom. The molecule has 0 bridgehead atoms. The first-order chi connectivity index (χ1) is 7.26. The molecule has 0 fully saturated rings. The van der Waals surface area contributed by atoms with Gasteiger partial charge in [-0.2, -0.15) is 0 Å². The second-order valence-corrected chi connectivity index (χ2v) is 3.65. The summed E-state index contributed by atoms with van der Waals surface area (Å²) in [6.45, 7) is 3.99. The molecule has 0 aliphatic rings. The Morgan fingerprint density at radius 2 is 1.87 bits per heavy atom. The predicted molar refractivity (Wildman–Crippen MR) is 59.0 cm³/mol. The van der Waals surface area contributed by atoms with Gasteiger partial charge >= 0.3 is 5.97 Å². The van der Waals surface area contributed by atoms with E-state index in [4.69, 9.17) is 0 Å². The molecule has 0 spiro atoms. The van der Waals surface area contributed by atoms with Gasteiger partial charge in [0.1, 0.15) is 0 Å². The van der Waals surface area contributed by atoms with Crippen LogP contribution >= 0.6 is 0 Å². The summed E-state index contributed by atoms with van der Waals surface area (Å²) < 4.78 is 11.6. The van der Waals surface area contributed by atoms with Crippen LogP contribution in [-0.2, 0) is 9.74 Å². The molecule has 0 amide bonds. The van der Waals surface area contributed by atoms with Crippen LogP contribution in [-0.4, -0.2) is 5.97 Å². The Kier molecular flexibility index (Phi) is 9.13. The van der Waals surface area contributed by atoms with Gasteiger partial charge in [0, 0.05) is 10.1 Å². The second kappa shape index (κ2) is 9.69. The molecule has 0 heterocycles. The average molecular weight is 216 g/mol. The average Bonchev–Trinajstić information content (AvgIpc) is 2.27. The zero-order valence-corrected chi connectivity index (χ0v) is 9.72. The first-order valence-corrected chi connectivity index (χ1v) is 5.78. The van der Waals surface area contributed by atoms with Gasteiger partial charge in [-0.15, -0.1) is 0 Å². The minimum absolute atomic E-state index is 0.438. The van der Waals surface area contributed by atoms with Gasteiger partial charge in [0.25, 0.3) is 0 Å². The topological polar surface area (TPSA) is 26.3 Å². The molecule has 0 saturated heterocycles. The number of hydrogen-bond acceptors (Lipinski definition) is 2. The molecule has 0 unspecified atom stereocenters. The fourth-order valence-electron chi connectivity index (χ4n) is 1.45. The minimum Gasteiger partial charge on any atom is -0.250 e. The van der Waals surface area contributed by atoms with Gasteiger partial charge < -0.3 is 0 Å². The Morgan fingerprint density at radius 1 is 1.20 bits per heavy atom. The summed E-state index contributed by atoms with van der Waals surface area (Å²) in [7, 11) is 0. The number of allylic oxidation sites excluding steroid dienone is 1. The fraction of sp³-hybridized carbons (Fsp3) is 0.750. The van der Waals surface area contributed by atoms with E-state index in [0.29, 0.717) is 12.0 Å². The number of halogens is 1. The van der Waals surface area contributed by atoms with Crippen molar-refractivity contribution in [1.29, 1.82) is 0 Å². The summed E-state index contributed by atoms with van der Waals surface area (Å²) in [4.78, 5) is 14.0. The Hall–Kier alpha value is -0.860. The van der Waals surface area contributed by atoms with Crippen LogP contribution in [0, 0.1) is 0 Å². The lowest BCUT2D eigenvalue weighted by Gasteiger charge is -1.99. The van der Waals surface area contributed by atoms with Crippen molar-refractivity contribution in [1.82, 2.24) is 0 Å². The molecule has 0 aromatic rings. The molecule has 0 rings (SSSR count). The van der Waals surface area contributed by atoms with Crippen LogP contribution in [0.4, 0.5) is 4.53 Å². The lowest BCUT2D eigenvalue weighted by molar-refractivity contribution is -0.178. The molecule has 2 nitrogen and oxygen atoms in total. The second-order valence-electron chi connectivity index (χ2n) is 3.65. The van der Waals surface area contributed by atoms with Crippen molar-refractivity contribution in [2.75, 3.05) is 0 Å². The third-order valence-corrected chi connectivity index (χ3v) is 2.41. The SMILES string of the molecule is CCCCCCCC=C(CC)C(=O)OF. The molecular weight excluding hydrogens is 195 g/mol. The van der Waals surface area contributed by atoms with E-state index in [0.717, 1.165) is 12.8 Å². The molecule has 0 N–H and O–H groups in total. The van der Waals surface area contributed by atoms with Gasteiger partial charge in [-0.25, -0.2) is 9.74 Å². The third-order valence-electron chi connectivity index (χ3n) is 2.41.